The van der Waals surface area contributed by atoms with Gasteiger partial charge < -0.3 is 46.2 Å². The van der Waals surface area contributed by atoms with Crippen LogP contribution in [0.4, 0.5) is 33.3 Å². The highest BCUT2D eigenvalue weighted by Gasteiger charge is 2.34. The van der Waals surface area contributed by atoms with Crippen molar-refractivity contribution in [2.24, 2.45) is 23.7 Å². The SMILES string of the molecule is Cc1ccc(CC2CN(C(=O)Cc3ccc(C(C)C)cc3)C2)nn1.Cc1ccc(C[C@@H]2CCN(C(=O)Cc3ccc(C(C)C)cc3)C2)nn1.Cc1ccc(N2CC[C@H](CC(=O)Cc3ccc(C(C)C)nc3)C2)nn1.Cc1ccc(N2CC[C@H](NC(=O)Cc3ccc(C)c(F)c3)C2)nn1.Cc1ccc(NC2CCC(C(=O)Nc3ccc(C(C)C)cc3)CC2)nn1.Cc1ccc(NCCNC(=O)Cc2ccc(C(C)C)cc2)nn1. The number of nitrogens with one attached hydrogen (secondary N) is 5. The molecule has 4 saturated heterocycles. The van der Waals surface area contributed by atoms with Gasteiger partial charge in [-0.1, -0.05) is 172 Å². The first kappa shape index (κ1) is 112. The van der Waals surface area contributed by atoms with Gasteiger partial charge in [-0.05, 0) is 306 Å². The van der Waals surface area contributed by atoms with E-state index in [-0.39, 0.29) is 53.7 Å². The third kappa shape index (κ3) is 37.1. The smallest absolute Gasteiger partial charge is 0.227 e. The number of anilines is 5. The number of amides is 5. The quantitative estimate of drug-likeness (QED) is 0.0245. The number of carbonyl (C=O) groups is 6. The Hall–Kier alpha value is -14.1. The number of likely N-dealkylation sites (tertiary alicyclic amines) is 2. The van der Waals surface area contributed by atoms with Gasteiger partial charge in [0, 0.05) is 114 Å². The normalized spacial score (nSPS) is 16.3. The van der Waals surface area contributed by atoms with Crippen LogP contribution in [0.25, 0.3) is 0 Å². The second-order valence-corrected chi connectivity index (χ2v) is 41.6. The lowest BCUT2D eigenvalue weighted by Crippen LogP contribution is -2.51. The largest absolute Gasteiger partial charge is 0.367 e. The molecule has 12 aromatic rings. The fourth-order valence-electron chi connectivity index (χ4n) is 18.1. The van der Waals surface area contributed by atoms with E-state index >= 15 is 0 Å². The van der Waals surface area contributed by atoms with Gasteiger partial charge in [0.05, 0.1) is 71.2 Å². The zero-order valence-corrected chi connectivity index (χ0v) is 89.1. The van der Waals surface area contributed by atoms with Crippen molar-refractivity contribution in [2.75, 3.05) is 91.2 Å². The Morgan fingerprint density at radius 3 is 1.30 bits per heavy atom. The molecule has 147 heavy (non-hydrogen) atoms. The summed E-state index contributed by atoms with van der Waals surface area (Å²) in [6, 6.07) is 66.3. The molecule has 5 N–H and O–H groups in total. The van der Waals surface area contributed by atoms with Crippen molar-refractivity contribution < 1.29 is 33.2 Å². The third-order valence-corrected chi connectivity index (χ3v) is 27.3. The molecular formula is C118H151FN22O6. The van der Waals surface area contributed by atoms with Crippen LogP contribution in [0.5, 0.6) is 0 Å². The van der Waals surface area contributed by atoms with Crippen LogP contribution in [-0.4, -0.2) is 189 Å². The van der Waals surface area contributed by atoms with Crippen molar-refractivity contribution in [1.82, 2.24) is 86.6 Å². The van der Waals surface area contributed by atoms with Gasteiger partial charge in [-0.3, -0.25) is 33.8 Å². The van der Waals surface area contributed by atoms with Crippen LogP contribution in [-0.2, 0) is 73.7 Å². The molecule has 17 rings (SSSR count). The van der Waals surface area contributed by atoms with Gasteiger partial charge in [0.25, 0.3) is 0 Å². The molecule has 28 nitrogen and oxygen atoms in total. The minimum absolute atomic E-state index is 0.0269. The lowest BCUT2D eigenvalue weighted by atomic mass is 9.85. The number of hydrogen-bond acceptors (Lipinski definition) is 23. The summed E-state index contributed by atoms with van der Waals surface area (Å²) < 4.78 is 13.6. The maximum atomic E-state index is 13.6. The predicted octanol–water partition coefficient (Wildman–Crippen LogP) is 19.4. The predicted molar refractivity (Wildman–Crippen MR) is 581 cm³/mol. The maximum Gasteiger partial charge on any atom is 0.227 e. The van der Waals surface area contributed by atoms with Crippen molar-refractivity contribution in [1.29, 1.82) is 0 Å². The lowest BCUT2D eigenvalue weighted by Gasteiger charge is -2.39. The van der Waals surface area contributed by atoms with Crippen LogP contribution in [0, 0.1) is 78.0 Å². The Kier molecular flexibility index (Phi) is 42.5. The van der Waals surface area contributed by atoms with E-state index in [1.165, 1.54) is 28.3 Å². The molecule has 5 aromatic carbocycles. The summed E-state index contributed by atoms with van der Waals surface area (Å²) in [5, 5.41) is 65.0. The first-order valence-corrected chi connectivity index (χ1v) is 52.4. The summed E-state index contributed by atoms with van der Waals surface area (Å²) >= 11 is 0. The molecule has 7 aromatic heterocycles. The third-order valence-electron chi connectivity index (χ3n) is 27.3. The molecule has 3 atom stereocenters. The summed E-state index contributed by atoms with van der Waals surface area (Å²) in [5.41, 5.74) is 20.2. The van der Waals surface area contributed by atoms with Crippen LogP contribution < -0.4 is 36.4 Å². The van der Waals surface area contributed by atoms with Crippen molar-refractivity contribution in [2.45, 2.75) is 256 Å². The van der Waals surface area contributed by atoms with Crippen molar-refractivity contribution in [3.63, 3.8) is 0 Å². The summed E-state index contributed by atoms with van der Waals surface area (Å²) in [5.74, 6) is 7.78. The fraction of sp³-hybridized carbons (Fsp3) is 0.449. The minimum atomic E-state index is -0.273. The van der Waals surface area contributed by atoms with Gasteiger partial charge in [-0.25, -0.2) is 4.39 Å². The molecule has 0 spiro atoms. The molecule has 5 aliphatic rings. The highest BCUT2D eigenvalue weighted by Crippen LogP contribution is 2.32. The molecule has 1 aliphatic carbocycles. The van der Waals surface area contributed by atoms with Crippen LogP contribution in [0.3, 0.4) is 0 Å². The first-order valence-electron chi connectivity index (χ1n) is 52.4. The van der Waals surface area contributed by atoms with E-state index in [0.717, 1.165) is 200 Å². The number of benzene rings is 5. The number of ketones is 1. The molecule has 0 bridgehead atoms. The Morgan fingerprint density at radius 2 is 0.816 bits per heavy atom. The number of pyridine rings is 1. The number of halogens is 1. The van der Waals surface area contributed by atoms with E-state index in [9.17, 15) is 33.2 Å². The average molecular weight is 1990 g/mol. The van der Waals surface area contributed by atoms with Gasteiger partial charge >= 0.3 is 0 Å². The number of carbonyl (C=O) groups excluding carboxylic acids is 6. The monoisotopic (exact) mass is 1990 g/mol. The topological polar surface area (TPSA) is 343 Å². The first-order chi connectivity index (χ1) is 70.6. The summed E-state index contributed by atoms with van der Waals surface area (Å²) in [6.45, 7) is 42.8. The Labute approximate surface area is 868 Å². The highest BCUT2D eigenvalue weighted by molar-refractivity contribution is 5.92. The summed E-state index contributed by atoms with van der Waals surface area (Å²) in [7, 11) is 0. The summed E-state index contributed by atoms with van der Waals surface area (Å²) in [4.78, 5) is 86.7. The molecule has 4 aliphatic heterocycles. The minimum Gasteiger partial charge on any atom is -0.367 e. The van der Waals surface area contributed by atoms with Gasteiger partial charge in [0.15, 0.2) is 11.6 Å². The lowest BCUT2D eigenvalue weighted by molar-refractivity contribution is -0.136. The number of Topliss-reactive ketones (excluding diaryl/α,β-unsaturated/α-hetero) is 1. The van der Waals surface area contributed by atoms with Crippen LogP contribution in [0.1, 0.15) is 257 Å². The van der Waals surface area contributed by atoms with E-state index in [1.807, 2.05) is 167 Å². The molecule has 0 radical (unpaired) electrons. The molecule has 776 valence electrons. The fourth-order valence-corrected chi connectivity index (χ4v) is 18.1. The molecule has 11 heterocycles. The summed E-state index contributed by atoms with van der Waals surface area (Å²) in [6.07, 6.45) is 13.0. The van der Waals surface area contributed by atoms with Gasteiger partial charge in [0.1, 0.15) is 23.2 Å². The Bertz CT molecular complexity index is 6110. The van der Waals surface area contributed by atoms with Crippen LogP contribution in [0.2, 0.25) is 0 Å². The van der Waals surface area contributed by atoms with E-state index in [0.29, 0.717) is 128 Å². The molecule has 0 unspecified atom stereocenters. The second-order valence-electron chi connectivity index (χ2n) is 41.6. The standard InChI is InChI=1S/C21H28N4O.C21H27N3O.C20H26N4O.C20H25N3O.C18H21FN4O.C18H24N4O/c1-14(2)16-5-9-19(10-6-16)23-21(26)17-7-11-18(12-8-17)22-20-13-4-15(3)24-25-20;1-15(2)19-7-5-17(6-8-19)13-21(25)24-11-10-18(14-24)12-20-9-4-16(3)22-23-20;1-14(2)19-6-5-16(12-21-19)10-18(25)11-17-8-9-24(13-17)20-7-4-15(3)22-23-20;1-14(2)18-7-5-16(6-8-18)11-20(24)23-12-17(13-23)10-19-9-4-15(3)21-22-19;1-12-3-5-14(9-16(12)19)10-18(24)20-15-7-8-23(11-15)17-6-4-13(2)21-22-17;1-13(2)16-7-5-15(6-8-16)12-18(23)20-11-10-19-17-9-4-14(3)21-22-17/h4-6,9-10,13-14,17-18H,7-8,11-12H2,1-3H3,(H,22,25)(H,23,26);4-9,15,18H,10-14H2,1-3H3;4-7,12,14,17H,8-11,13H2,1-3H3;4-9,14,17H,10-13H2,1-3H3;3-6,9,15H,7-8,10-11H2,1-2H3,(H,20,24);4-9,13H,10-12H2,1-3H3,(H,19,22)(H,20,23)/t;18-;17-;;15-;/m.01.0./s1. The average Bonchev–Trinajstić information content (AvgIpc) is 1.67. The van der Waals surface area contributed by atoms with Gasteiger partial charge in [-0.15, -0.1) is 20.4 Å². The van der Waals surface area contributed by atoms with Crippen molar-refractivity contribution in [3.05, 3.63) is 319 Å². The van der Waals surface area contributed by atoms with E-state index < -0.39 is 0 Å². The van der Waals surface area contributed by atoms with Gasteiger partial charge in [0.2, 0.25) is 29.5 Å². The number of nitrogens with zero attached hydrogens (tertiary/aromatic N) is 17. The molecule has 29 heteroatoms. The zero-order chi connectivity index (χ0) is 105. The Balaban J connectivity index is 0.000000157. The number of aromatic nitrogens is 13. The molecule has 5 fully saturated rings. The van der Waals surface area contributed by atoms with Crippen molar-refractivity contribution in [3.8, 4) is 0 Å². The maximum absolute atomic E-state index is 13.6. The second kappa shape index (κ2) is 56.0. The van der Waals surface area contributed by atoms with Crippen molar-refractivity contribution >= 4 is 64.3 Å². The molecule has 5 amide bonds. The zero-order valence-electron chi connectivity index (χ0n) is 89.1. The van der Waals surface area contributed by atoms with E-state index in [4.69, 9.17) is 0 Å². The number of aryl methyl sites for hydroxylation is 7. The van der Waals surface area contributed by atoms with Crippen LogP contribution in [0.15, 0.2) is 206 Å². The van der Waals surface area contributed by atoms with Gasteiger partial charge in [-0.2, -0.15) is 40.8 Å². The van der Waals surface area contributed by atoms with E-state index in [1.54, 1.807) is 19.1 Å². The van der Waals surface area contributed by atoms with E-state index in [2.05, 4.69) is 245 Å². The number of hydrogen-bond donors (Lipinski definition) is 5. The molecular weight excluding hydrogens is 1840 g/mol. The Morgan fingerprint density at radius 1 is 0.367 bits per heavy atom. The number of rotatable bonds is 32. The highest BCUT2D eigenvalue weighted by atomic mass is 19.1. The van der Waals surface area contributed by atoms with Crippen LogP contribution >= 0.6 is 0 Å². The molecule has 1 saturated carbocycles.